The number of benzene rings is 1. The molecule has 0 heterocycles. The lowest BCUT2D eigenvalue weighted by atomic mass is 9.45. The molecule has 3 aliphatic rings. The van der Waals surface area contributed by atoms with Gasteiger partial charge in [-0.15, -0.1) is 0 Å². The molecule has 0 bridgehead atoms. The molecule has 0 spiro atoms. The molecule has 0 aromatic heterocycles. The van der Waals surface area contributed by atoms with Crippen LogP contribution in [0.25, 0.3) is 0 Å². The van der Waals surface area contributed by atoms with Gasteiger partial charge < -0.3 is 4.74 Å². The minimum atomic E-state index is -0.103. The highest BCUT2D eigenvalue weighted by Gasteiger charge is 2.56. The maximum Gasteiger partial charge on any atom is 0.302 e. The maximum atomic E-state index is 11.7. The van der Waals surface area contributed by atoms with Gasteiger partial charge in [0.05, 0.1) is 0 Å². The average Bonchev–Trinajstić information content (AvgIpc) is 3.12. The van der Waals surface area contributed by atoms with E-state index in [2.05, 4.69) is 45.7 Å². The van der Waals surface area contributed by atoms with Crippen molar-refractivity contribution in [2.45, 2.75) is 131 Å². The van der Waals surface area contributed by atoms with Crippen LogP contribution >= 0.6 is 0 Å². The van der Waals surface area contributed by atoms with Crippen LogP contribution in [0.4, 0.5) is 0 Å². The summed E-state index contributed by atoms with van der Waals surface area (Å²) in [6.07, 6.45) is 9.90. The summed E-state index contributed by atoms with van der Waals surface area (Å²) in [7, 11) is 0. The van der Waals surface area contributed by atoms with Gasteiger partial charge in [-0.05, 0) is 78.9 Å². The van der Waals surface area contributed by atoms with E-state index in [4.69, 9.17) is 4.74 Å². The van der Waals surface area contributed by atoms with Crippen molar-refractivity contribution in [3.05, 3.63) is 34.9 Å². The average molecular weight is 455 g/mol. The molecule has 2 nitrogen and oxygen atoms in total. The van der Waals surface area contributed by atoms with Crippen LogP contribution in [-0.2, 0) is 16.0 Å². The molecule has 0 N–H and O–H groups in total. The first-order chi connectivity index (χ1) is 15.8. The largest absolute Gasteiger partial charge is 0.462 e. The molecule has 1 aromatic rings. The van der Waals surface area contributed by atoms with Crippen LogP contribution in [0.3, 0.4) is 0 Å². The highest BCUT2D eigenvalue weighted by molar-refractivity contribution is 6.55. The zero-order valence-electron chi connectivity index (χ0n) is 23.2. The fourth-order valence-electron chi connectivity index (χ4n) is 7.36. The van der Waals surface area contributed by atoms with Gasteiger partial charge in [-0.3, -0.25) is 4.79 Å². The van der Waals surface area contributed by atoms with Gasteiger partial charge in [0.25, 0.3) is 0 Å². The summed E-state index contributed by atoms with van der Waals surface area (Å²) in [6, 6.07) is 7.46. The number of ether oxygens (including phenoxy) is 1. The number of carbonyl (C=O) groups excluding carboxylic acids is 1. The first-order valence-electron chi connectivity index (χ1n) is 14.1. The fourth-order valence-corrected chi connectivity index (χ4v) is 7.36. The Morgan fingerprint density at radius 1 is 1.09 bits per heavy atom. The van der Waals surface area contributed by atoms with Gasteiger partial charge in [-0.25, -0.2) is 0 Å². The number of carbonyl (C=O) groups is 1. The highest BCUT2D eigenvalue weighted by atomic mass is 16.5. The molecular formula is C30H51BO2. The summed E-state index contributed by atoms with van der Waals surface area (Å²) < 4.78 is 5.83. The van der Waals surface area contributed by atoms with Crippen molar-refractivity contribution in [3.8, 4) is 0 Å². The Kier molecular flexibility index (Phi) is 10.6. The molecule has 4 rings (SSSR count). The first-order valence-corrected chi connectivity index (χ1v) is 14.1. The van der Waals surface area contributed by atoms with Gasteiger partial charge in [-0.2, -0.15) is 0 Å². The molecule has 3 heteroatoms. The zero-order chi connectivity index (χ0) is 24.8. The van der Waals surface area contributed by atoms with Crippen LogP contribution in [0.1, 0.15) is 116 Å². The van der Waals surface area contributed by atoms with E-state index in [1.54, 1.807) is 18.1 Å². The lowest BCUT2D eigenvalue weighted by Crippen LogP contribution is -2.45. The maximum absolute atomic E-state index is 11.7. The lowest BCUT2D eigenvalue weighted by Gasteiger charge is -2.52. The number of hydrogen-bond donors (Lipinski definition) is 0. The molecule has 33 heavy (non-hydrogen) atoms. The van der Waals surface area contributed by atoms with Crippen molar-refractivity contribution < 1.29 is 9.53 Å². The second-order valence-corrected chi connectivity index (χ2v) is 10.9. The summed E-state index contributed by atoms with van der Waals surface area (Å²) in [6.45, 7) is 19.8. The summed E-state index contributed by atoms with van der Waals surface area (Å²) in [5.74, 6) is 2.75. The molecule has 0 amide bonds. The molecule has 0 radical (unpaired) electrons. The fraction of sp³-hybridized carbons (Fsp3) is 0.767. The van der Waals surface area contributed by atoms with Gasteiger partial charge in [0.1, 0.15) is 12.8 Å². The van der Waals surface area contributed by atoms with Crippen molar-refractivity contribution in [3.63, 3.8) is 0 Å². The molecule has 3 aliphatic carbocycles. The Balaban J connectivity index is 0.000000914. The lowest BCUT2D eigenvalue weighted by molar-refractivity contribution is -0.154. The SMILES string of the molecule is CC.CC.CCCc1ccc2c(c1)C(CB(C)C)CC1C3CCC(OC(C)=O)C3(C)CC[C@H]21. The van der Waals surface area contributed by atoms with Gasteiger partial charge >= 0.3 is 5.97 Å². The van der Waals surface area contributed by atoms with Crippen molar-refractivity contribution in [1.29, 1.82) is 0 Å². The molecule has 0 saturated heterocycles. The third-order valence-electron chi connectivity index (χ3n) is 8.50. The molecule has 186 valence electrons. The van der Waals surface area contributed by atoms with Crippen LogP contribution in [-0.4, -0.2) is 18.8 Å². The van der Waals surface area contributed by atoms with Gasteiger partial charge in [0.2, 0.25) is 0 Å². The van der Waals surface area contributed by atoms with E-state index >= 15 is 0 Å². The van der Waals surface area contributed by atoms with Crippen molar-refractivity contribution in [2.24, 2.45) is 17.3 Å². The Morgan fingerprint density at radius 2 is 1.79 bits per heavy atom. The number of esters is 1. The molecule has 1 aromatic carbocycles. The van der Waals surface area contributed by atoms with Crippen molar-refractivity contribution >= 4 is 12.7 Å². The third-order valence-corrected chi connectivity index (χ3v) is 8.50. The molecule has 2 saturated carbocycles. The van der Waals surface area contributed by atoms with Crippen LogP contribution in [0.5, 0.6) is 0 Å². The predicted octanol–water partition coefficient (Wildman–Crippen LogP) is 8.77. The summed E-state index contributed by atoms with van der Waals surface area (Å²) in [5, 5.41) is 0. The summed E-state index contributed by atoms with van der Waals surface area (Å²) >= 11 is 0. The van der Waals surface area contributed by atoms with Gasteiger partial charge in [0, 0.05) is 12.3 Å². The second-order valence-electron chi connectivity index (χ2n) is 10.9. The smallest absolute Gasteiger partial charge is 0.302 e. The summed E-state index contributed by atoms with van der Waals surface area (Å²) in [5.41, 5.74) is 5.03. The van der Waals surface area contributed by atoms with Crippen LogP contribution < -0.4 is 0 Å². The van der Waals surface area contributed by atoms with E-state index in [0.717, 1.165) is 19.1 Å². The zero-order valence-corrected chi connectivity index (χ0v) is 23.2. The Labute approximate surface area is 205 Å². The van der Waals surface area contributed by atoms with E-state index < -0.39 is 0 Å². The molecule has 6 atom stereocenters. The van der Waals surface area contributed by atoms with Crippen LogP contribution in [0, 0.1) is 17.3 Å². The standard InChI is InChI=1S/C26H39BO2.2C2H6/c1-6-7-18-8-9-20-21-12-13-26(3)24(10-11-25(26)29-17(2)28)23(21)15-19(16-27(4)5)22(20)14-18;2*1-2/h8-9,14,19,21,23-25H,6-7,10-13,15-16H2,1-5H3;2*1-2H3/t19?,21-,23?,24?,25?,26?;;/m1../s1. The molecular weight excluding hydrogens is 403 g/mol. The Bertz CT molecular complexity index is 758. The number of rotatable bonds is 5. The Hall–Kier alpha value is -1.25. The monoisotopic (exact) mass is 454 g/mol. The molecule has 5 unspecified atom stereocenters. The first kappa shape index (κ1) is 28.0. The predicted molar refractivity (Wildman–Crippen MR) is 145 cm³/mol. The quantitative estimate of drug-likeness (QED) is 0.328. The van der Waals surface area contributed by atoms with E-state index in [1.165, 1.54) is 50.4 Å². The minimum absolute atomic E-state index is 0.103. The minimum Gasteiger partial charge on any atom is -0.462 e. The van der Waals surface area contributed by atoms with E-state index in [9.17, 15) is 4.79 Å². The van der Waals surface area contributed by atoms with E-state index in [-0.39, 0.29) is 17.5 Å². The van der Waals surface area contributed by atoms with Crippen LogP contribution in [0.2, 0.25) is 20.0 Å². The third kappa shape index (κ3) is 5.88. The van der Waals surface area contributed by atoms with Crippen molar-refractivity contribution in [2.75, 3.05) is 0 Å². The molecule has 2 fully saturated rings. The highest BCUT2D eigenvalue weighted by Crippen LogP contribution is 2.63. The summed E-state index contributed by atoms with van der Waals surface area (Å²) in [4.78, 5) is 11.7. The number of aryl methyl sites for hydroxylation is 1. The van der Waals surface area contributed by atoms with Gasteiger partial charge in [0.15, 0.2) is 0 Å². The normalized spacial score (nSPS) is 31.5. The number of hydrogen-bond acceptors (Lipinski definition) is 2. The second kappa shape index (κ2) is 12.5. The number of fused-ring (bicyclic) bond motifs is 5. The topological polar surface area (TPSA) is 26.3 Å². The van der Waals surface area contributed by atoms with Crippen LogP contribution in [0.15, 0.2) is 18.2 Å². The van der Waals surface area contributed by atoms with E-state index in [0.29, 0.717) is 17.8 Å². The van der Waals surface area contributed by atoms with E-state index in [1.807, 2.05) is 27.7 Å². The van der Waals surface area contributed by atoms with Gasteiger partial charge in [-0.1, -0.05) is 86.1 Å². The molecule has 0 aliphatic heterocycles. The van der Waals surface area contributed by atoms with Crippen molar-refractivity contribution in [1.82, 2.24) is 0 Å². The Morgan fingerprint density at radius 3 is 2.39 bits per heavy atom.